The van der Waals surface area contributed by atoms with Crippen molar-refractivity contribution in [2.24, 2.45) is 0 Å². The minimum Gasteiger partial charge on any atom is -0.477 e. The van der Waals surface area contributed by atoms with Crippen molar-refractivity contribution in [3.8, 4) is 0 Å². The first-order valence-electron chi connectivity index (χ1n) is 41.4. The second-order valence-electron chi connectivity index (χ2n) is 30.5. The number of hydrogen-bond acceptors (Lipinski definition) is 41. The number of aliphatic hydroxyl groups is 14. The van der Waals surface area contributed by atoms with Gasteiger partial charge in [-0.15, -0.1) is 5.10 Å². The maximum atomic E-state index is 14.1. The van der Waals surface area contributed by atoms with Crippen molar-refractivity contribution in [1.82, 2.24) is 36.3 Å². The number of hydrogen-bond donors (Lipinski definition) is 21. The highest BCUT2D eigenvalue weighted by Gasteiger charge is 2.61. The summed E-state index contributed by atoms with van der Waals surface area (Å²) < 4.78 is 100. The summed E-state index contributed by atoms with van der Waals surface area (Å²) in [5.74, 6) is -12.2. The first kappa shape index (κ1) is 106. The normalized spacial score (nSPS) is 31.4. The summed E-state index contributed by atoms with van der Waals surface area (Å²) in [5.41, 5.74) is 0.754. The van der Waals surface area contributed by atoms with Crippen LogP contribution in [0.5, 0.6) is 0 Å². The Balaban J connectivity index is 1.00. The monoisotopic (exact) mass is 1830 g/mol. The molecule has 0 saturated carbocycles. The highest BCUT2D eigenvalue weighted by atomic mass is 31.2. The molecule has 126 heavy (non-hydrogen) atoms. The number of ether oxygens (including phenoxy) is 14. The van der Waals surface area contributed by atoms with Crippen LogP contribution in [0.4, 0.5) is 0 Å². The fourth-order valence-electron chi connectivity index (χ4n) is 14.1. The van der Waals surface area contributed by atoms with E-state index in [1.165, 1.54) is 24.7 Å². The highest BCUT2D eigenvalue weighted by Crippen LogP contribution is 2.44. The molecule has 5 fully saturated rings. The Kier molecular flexibility index (Phi) is 42.6. The van der Waals surface area contributed by atoms with E-state index in [1.54, 1.807) is 58.0 Å². The maximum absolute atomic E-state index is 14.1. The Labute approximate surface area is 721 Å². The van der Waals surface area contributed by atoms with Crippen LogP contribution in [-0.2, 0) is 138 Å². The molecule has 21 N–H and O–H groups in total. The lowest BCUT2D eigenvalue weighted by atomic mass is 9.88. The molecule has 49 nitrogen and oxygen atoms in total. The molecule has 5 saturated heterocycles. The van der Waals surface area contributed by atoms with E-state index in [2.05, 4.69) is 31.6 Å². The Morgan fingerprint density at radius 1 is 0.571 bits per heavy atom. The highest BCUT2D eigenvalue weighted by molar-refractivity contribution is 7.46. The zero-order valence-electron chi connectivity index (χ0n) is 70.1. The number of carboxylic acids is 1. The zero-order chi connectivity index (χ0) is 93.0. The second-order valence-corrected chi connectivity index (χ2v) is 31.7. The lowest BCUT2D eigenvalue weighted by molar-refractivity contribution is -0.386. The van der Waals surface area contributed by atoms with E-state index in [-0.39, 0.29) is 83.2 Å². The third-order valence-corrected chi connectivity index (χ3v) is 21.7. The third kappa shape index (κ3) is 30.4. The van der Waals surface area contributed by atoms with Crippen molar-refractivity contribution >= 4 is 61.3 Å². The molecule has 30 atom stereocenters. The molecule has 716 valence electrons. The molecule has 0 radical (unpaired) electrons. The van der Waals surface area contributed by atoms with Crippen molar-refractivity contribution in [1.29, 1.82) is 0 Å². The molecule has 7 rings (SSSR count). The zero-order valence-corrected chi connectivity index (χ0v) is 71.0. The van der Waals surface area contributed by atoms with Gasteiger partial charge in [-0.25, -0.2) is 14.0 Å². The Morgan fingerprint density at radius 2 is 1.12 bits per heavy atom. The summed E-state index contributed by atoms with van der Waals surface area (Å²) in [6, 6.07) is 2.86. The molecule has 0 bridgehead atoms. The average Bonchev–Trinajstić information content (AvgIpc) is 0.897. The van der Waals surface area contributed by atoms with E-state index in [0.29, 0.717) is 5.56 Å². The van der Waals surface area contributed by atoms with Crippen LogP contribution in [-0.4, -0.2) is 391 Å². The molecule has 4 amide bonds. The standard InChI is InChI=1S/C76H120N7O42P/c1-7-38(88)25-50(94)79-57-67(120-54(98)26-39(89)8-2)61(102)47(35-113-72-58(80-51(95)27-40(9-3)114-52(96)11-5)69(66(46(34-87)117-72)125-126(108,109)110)121-55(99)28-41(10-4)115-53(97)12-6)119-71(57)111-22-20-77-48(92)19-18-37-30-83(82-81-37)21-23-112-73-63(104)62(103)65(45(33-86)118-73)122-74-64(105)70(60(101)44(32-85)116-74)124-76(75(106)107)29-42(90)56(68(123-76)59(100)43(91)31-84)78-49(93)24-36-16-14-13-15-17-36/h13-17,30,38-47,56-74,84-91,100-105H,7-12,18-29,31-35H2,1-6H3,(H,77,92)(H,78,93)(H,79,94)(H,80,95)(H,106,107)(H2,108,109,110)/t38-,39-,40-,41-,42-,43-,44?,45?,46?,47?,56-,57?,58?,59-,60+,61-,62-,63?,64?,65-,66-,67-,68?,69-,70+,71+,72-,73-,74+,76+/m1/s1. The minimum absolute atomic E-state index is 0.0511. The number of carboxylic acid groups (broad SMARTS) is 1. The van der Waals surface area contributed by atoms with Gasteiger partial charge < -0.3 is 174 Å². The van der Waals surface area contributed by atoms with Gasteiger partial charge in [0.05, 0.1) is 115 Å². The van der Waals surface area contributed by atoms with E-state index in [9.17, 15) is 134 Å². The van der Waals surface area contributed by atoms with Crippen molar-refractivity contribution in [3.63, 3.8) is 0 Å². The molecule has 1 aromatic carbocycles. The van der Waals surface area contributed by atoms with Crippen molar-refractivity contribution in [3.05, 3.63) is 47.8 Å². The molecule has 6 heterocycles. The molecule has 9 unspecified atom stereocenters. The fraction of sp³-hybridized carbons (Fsp3) is 0.776. The van der Waals surface area contributed by atoms with E-state index in [1.807, 2.05) is 0 Å². The van der Waals surface area contributed by atoms with Crippen molar-refractivity contribution in [2.45, 2.75) is 321 Å². The largest absolute Gasteiger partial charge is 0.477 e. The lowest BCUT2D eigenvalue weighted by Gasteiger charge is -2.50. The first-order valence-corrected chi connectivity index (χ1v) is 42.9. The quantitative estimate of drug-likeness (QED) is 0.0127. The molecule has 5 aliphatic heterocycles. The Bertz CT molecular complexity index is 3800. The van der Waals surface area contributed by atoms with E-state index in [4.69, 9.17) is 70.8 Å². The van der Waals surface area contributed by atoms with E-state index >= 15 is 0 Å². The number of phosphoric acid groups is 1. The van der Waals surface area contributed by atoms with Crippen LogP contribution in [0.15, 0.2) is 36.5 Å². The number of aryl methyl sites for hydroxylation is 1. The van der Waals surface area contributed by atoms with Gasteiger partial charge in [0.1, 0.15) is 116 Å². The summed E-state index contributed by atoms with van der Waals surface area (Å²) >= 11 is 0. The summed E-state index contributed by atoms with van der Waals surface area (Å²) in [4.78, 5) is 140. The molecule has 0 spiro atoms. The number of esters is 4. The predicted molar refractivity (Wildman–Crippen MR) is 414 cm³/mol. The lowest BCUT2D eigenvalue weighted by Crippen LogP contribution is -2.71. The van der Waals surface area contributed by atoms with Gasteiger partial charge in [-0.05, 0) is 31.2 Å². The van der Waals surface area contributed by atoms with Crippen LogP contribution >= 0.6 is 7.82 Å². The average molecular weight is 1830 g/mol. The number of carbonyl (C=O) groups excluding carboxylic acids is 8. The number of phosphoric ester groups is 1. The van der Waals surface area contributed by atoms with Crippen LogP contribution in [0.25, 0.3) is 0 Å². The fourth-order valence-corrected chi connectivity index (χ4v) is 14.7. The molecule has 2 aromatic rings. The number of carbonyl (C=O) groups is 9. The van der Waals surface area contributed by atoms with Gasteiger partial charge in [-0.3, -0.25) is 42.9 Å². The van der Waals surface area contributed by atoms with Crippen LogP contribution in [0, 0.1) is 0 Å². The number of nitrogens with one attached hydrogen (secondary N) is 4. The SMILES string of the molecule is CCC(=O)O[C@H](CC)CC(=O)NC1[C@H](OCC2O[C@H](OCCNC(=O)CCc3cn(CCO[C@@H]4OC(CO)[C@@H](O[C@@H]5OC(CO)[C@H](O)[C@H](O[C@]6(C(=O)O)C[C@@H](O)[C@@H](NC(=O)Cc7ccccc7)C([C@H](O)[C@H](O)CO)O6)C5O)[C@H](O)C4O)nn3)C(NC(=O)C[C@H](O)CC)[C@@H](OC(=O)C[C@H](O)CC)[C@@H]2O)OC(CO)[C@@H](OP(=O)(O)O)[C@@H]1OC(=O)C[C@@H](CC)OC(=O)CC. The molecule has 0 aliphatic carbocycles. The number of amides is 4. The van der Waals surface area contributed by atoms with Gasteiger partial charge in [-0.2, -0.15) is 0 Å². The number of benzene rings is 1. The summed E-state index contributed by atoms with van der Waals surface area (Å²) in [5, 5.41) is 183. The van der Waals surface area contributed by atoms with Crippen LogP contribution in [0.1, 0.15) is 130 Å². The summed E-state index contributed by atoms with van der Waals surface area (Å²) in [6.45, 7) is 2.65. The number of aromatic nitrogens is 3. The van der Waals surface area contributed by atoms with Gasteiger partial charge in [-0.1, -0.05) is 77.1 Å². The van der Waals surface area contributed by atoms with E-state index in [0.717, 1.165) is 0 Å². The molecule has 50 heteroatoms. The first-order chi connectivity index (χ1) is 59.8. The van der Waals surface area contributed by atoms with Gasteiger partial charge in [0.15, 0.2) is 37.4 Å². The molecular weight excluding hydrogens is 1710 g/mol. The topological polar surface area (TPSA) is 732 Å². The maximum Gasteiger partial charge on any atom is 0.470 e. The van der Waals surface area contributed by atoms with Crippen molar-refractivity contribution in [2.75, 3.05) is 52.8 Å². The minimum atomic E-state index is -5.65. The Hall–Kier alpha value is -7.26. The Morgan fingerprint density at radius 3 is 1.72 bits per heavy atom. The summed E-state index contributed by atoms with van der Waals surface area (Å²) in [6.07, 6.45) is -51.6. The van der Waals surface area contributed by atoms with Gasteiger partial charge in [0.25, 0.3) is 5.79 Å². The number of rotatable bonds is 50. The molecule has 1 aromatic heterocycles. The van der Waals surface area contributed by atoms with Gasteiger partial charge >= 0.3 is 37.7 Å². The van der Waals surface area contributed by atoms with E-state index < -0.39 is 316 Å². The smallest absolute Gasteiger partial charge is 0.470 e. The van der Waals surface area contributed by atoms with Crippen molar-refractivity contribution < 1.29 is 205 Å². The number of aliphatic carboxylic acids is 1. The number of nitrogens with zero attached hydrogens (tertiary/aromatic N) is 3. The molecular formula is C76H120N7O42P. The van der Waals surface area contributed by atoms with Crippen LogP contribution in [0.2, 0.25) is 0 Å². The van der Waals surface area contributed by atoms with Gasteiger partial charge in [0.2, 0.25) is 23.6 Å². The second kappa shape index (κ2) is 50.8. The number of aliphatic hydroxyl groups excluding tert-OH is 14. The molecule has 5 aliphatic rings. The van der Waals surface area contributed by atoms with Gasteiger partial charge in [0, 0.05) is 44.8 Å². The van der Waals surface area contributed by atoms with Crippen LogP contribution in [0.3, 0.4) is 0 Å². The third-order valence-electron chi connectivity index (χ3n) is 21.1. The van der Waals surface area contributed by atoms with Crippen LogP contribution < -0.4 is 21.3 Å². The predicted octanol–water partition coefficient (Wildman–Crippen LogP) is -7.96. The summed E-state index contributed by atoms with van der Waals surface area (Å²) in [7, 11) is -5.65.